The molecule has 4 rings (SSSR count). The number of halogens is 1. The highest BCUT2D eigenvalue weighted by molar-refractivity contribution is 7.20. The fraction of sp³-hybridized carbons (Fsp3) is 0.333. The second kappa shape index (κ2) is 6.44. The van der Waals surface area contributed by atoms with Crippen molar-refractivity contribution >= 4 is 39.1 Å². The maximum Gasteiger partial charge on any atom is 0.261 e. The summed E-state index contributed by atoms with van der Waals surface area (Å²) < 4.78 is 1.85. The summed E-state index contributed by atoms with van der Waals surface area (Å²) in [5, 5.41) is 9.32. The van der Waals surface area contributed by atoms with Gasteiger partial charge in [-0.3, -0.25) is 4.79 Å². The molecule has 2 heterocycles. The van der Waals surface area contributed by atoms with E-state index in [9.17, 15) is 4.79 Å². The lowest BCUT2D eigenvalue weighted by atomic mass is 10.2. The number of aryl methyl sites for hydroxylation is 1. The predicted molar refractivity (Wildman–Crippen MR) is 102 cm³/mol. The summed E-state index contributed by atoms with van der Waals surface area (Å²) in [7, 11) is 0. The van der Waals surface area contributed by atoms with Crippen molar-refractivity contribution in [2.75, 3.05) is 6.54 Å². The van der Waals surface area contributed by atoms with Gasteiger partial charge in [-0.15, -0.1) is 11.3 Å². The number of thiophene rings is 1. The smallest absolute Gasteiger partial charge is 0.261 e. The molecule has 1 saturated carbocycles. The van der Waals surface area contributed by atoms with E-state index in [-0.39, 0.29) is 11.9 Å². The number of nitrogens with one attached hydrogen (secondary N) is 1. The van der Waals surface area contributed by atoms with Gasteiger partial charge in [-0.1, -0.05) is 17.7 Å². The van der Waals surface area contributed by atoms with Crippen molar-refractivity contribution in [1.82, 2.24) is 15.1 Å². The highest BCUT2D eigenvalue weighted by Gasteiger charge is 2.31. The highest BCUT2D eigenvalue weighted by atomic mass is 35.5. The van der Waals surface area contributed by atoms with Crippen LogP contribution in [0.2, 0.25) is 5.02 Å². The van der Waals surface area contributed by atoms with Crippen LogP contribution in [0.1, 0.15) is 28.2 Å². The summed E-state index contributed by atoms with van der Waals surface area (Å²) >= 11 is 7.55. The third-order valence-corrected chi connectivity index (χ3v) is 5.93. The highest BCUT2D eigenvalue weighted by Crippen LogP contribution is 2.34. The molecule has 130 valence electrons. The summed E-state index contributed by atoms with van der Waals surface area (Å²) in [4.78, 5) is 14.3. The molecule has 1 aromatic carbocycles. The second-order valence-electron chi connectivity index (χ2n) is 6.46. The van der Waals surface area contributed by atoms with Crippen LogP contribution in [0.3, 0.4) is 0 Å². The number of carbonyl (C=O) groups is 1. The minimum Gasteiger partial charge on any atom is -0.347 e. The normalized spacial score (nSPS) is 15.5. The first-order valence-electron chi connectivity index (χ1n) is 8.33. The fourth-order valence-corrected chi connectivity index (χ4v) is 4.32. The first-order valence-corrected chi connectivity index (χ1v) is 9.52. The third-order valence-electron chi connectivity index (χ3n) is 4.58. The van der Waals surface area contributed by atoms with Crippen LogP contribution in [-0.4, -0.2) is 28.3 Å². The Balaban J connectivity index is 1.68. The van der Waals surface area contributed by atoms with Crippen LogP contribution in [0.4, 0.5) is 0 Å². The van der Waals surface area contributed by atoms with Crippen molar-refractivity contribution in [1.29, 1.82) is 0 Å². The van der Waals surface area contributed by atoms with Gasteiger partial charge in [-0.25, -0.2) is 4.68 Å². The zero-order valence-corrected chi connectivity index (χ0v) is 15.4. The number of aromatic nitrogens is 2. The molecule has 1 fully saturated rings. The maximum atomic E-state index is 12.6. The number of fused-ring (bicyclic) bond motifs is 1. The molecular formula is C18H19ClN4OS. The first-order chi connectivity index (χ1) is 12.1. The monoisotopic (exact) mass is 374 g/mol. The van der Waals surface area contributed by atoms with Gasteiger partial charge in [-0.2, -0.15) is 5.10 Å². The van der Waals surface area contributed by atoms with E-state index in [0.717, 1.165) is 34.4 Å². The molecule has 1 aliphatic rings. The molecule has 3 aromatic rings. The summed E-state index contributed by atoms with van der Waals surface area (Å²) in [6.07, 6.45) is 2.30. The Hall–Kier alpha value is -1.89. The van der Waals surface area contributed by atoms with Crippen molar-refractivity contribution in [2.24, 2.45) is 11.7 Å². The number of nitrogens with two attached hydrogens (primary N) is 1. The van der Waals surface area contributed by atoms with Gasteiger partial charge in [0.25, 0.3) is 5.91 Å². The third kappa shape index (κ3) is 3.17. The van der Waals surface area contributed by atoms with Gasteiger partial charge >= 0.3 is 0 Å². The van der Waals surface area contributed by atoms with Gasteiger partial charge in [0.15, 0.2) is 0 Å². The van der Waals surface area contributed by atoms with Gasteiger partial charge in [0.1, 0.15) is 4.83 Å². The summed E-state index contributed by atoms with van der Waals surface area (Å²) in [5.74, 6) is 0.479. The van der Waals surface area contributed by atoms with Gasteiger partial charge in [0.2, 0.25) is 0 Å². The summed E-state index contributed by atoms with van der Waals surface area (Å²) in [6.45, 7) is 2.43. The van der Waals surface area contributed by atoms with Gasteiger partial charge in [0, 0.05) is 23.0 Å². The van der Waals surface area contributed by atoms with E-state index in [4.69, 9.17) is 17.3 Å². The minimum absolute atomic E-state index is 0.0550. The molecule has 2 aromatic heterocycles. The quantitative estimate of drug-likeness (QED) is 0.717. The van der Waals surface area contributed by atoms with Gasteiger partial charge in [-0.05, 0) is 49.9 Å². The molecule has 0 bridgehead atoms. The van der Waals surface area contributed by atoms with Crippen molar-refractivity contribution in [3.05, 3.63) is 45.9 Å². The van der Waals surface area contributed by atoms with Crippen molar-refractivity contribution < 1.29 is 4.79 Å². The average molecular weight is 375 g/mol. The molecule has 0 spiro atoms. The molecule has 1 unspecified atom stereocenters. The lowest BCUT2D eigenvalue weighted by molar-refractivity contribution is 0.0937. The average Bonchev–Trinajstić information content (AvgIpc) is 3.26. The Morgan fingerprint density at radius 1 is 1.48 bits per heavy atom. The lowest BCUT2D eigenvalue weighted by Gasteiger charge is -2.15. The standard InChI is InChI=1S/C18H19ClN4OS/c1-10-14-8-16(17(24)21-15(9-20)11-5-6-11)25-18(14)23(22-10)13-4-2-3-12(19)7-13/h2-4,7-8,11,15H,5-6,9,20H2,1H3,(H,21,24). The molecular weight excluding hydrogens is 356 g/mol. The Labute approximate surface area is 154 Å². The van der Waals surface area contributed by atoms with Crippen molar-refractivity contribution in [3.63, 3.8) is 0 Å². The predicted octanol–water partition coefficient (Wildman–Crippen LogP) is 3.52. The lowest BCUT2D eigenvalue weighted by Crippen LogP contribution is -2.41. The Morgan fingerprint density at radius 3 is 2.96 bits per heavy atom. The summed E-state index contributed by atoms with van der Waals surface area (Å²) in [5.41, 5.74) is 7.57. The van der Waals surface area contributed by atoms with Crippen LogP contribution in [0.15, 0.2) is 30.3 Å². The number of benzene rings is 1. The van der Waals surface area contributed by atoms with E-state index in [1.165, 1.54) is 11.3 Å². The van der Waals surface area contributed by atoms with Gasteiger partial charge in [0.05, 0.1) is 16.3 Å². The van der Waals surface area contributed by atoms with E-state index < -0.39 is 0 Å². The Bertz CT molecular complexity index is 944. The first kappa shape index (κ1) is 16.6. The second-order valence-corrected chi connectivity index (χ2v) is 7.93. The minimum atomic E-state index is -0.0550. The number of carbonyl (C=O) groups excluding carboxylic acids is 1. The van der Waals surface area contributed by atoms with Crippen LogP contribution < -0.4 is 11.1 Å². The van der Waals surface area contributed by atoms with Crippen LogP contribution >= 0.6 is 22.9 Å². The number of rotatable bonds is 5. The number of hydrogen-bond acceptors (Lipinski definition) is 4. The van der Waals surface area contributed by atoms with E-state index in [0.29, 0.717) is 22.4 Å². The molecule has 3 N–H and O–H groups in total. The number of nitrogens with zero attached hydrogens (tertiary/aromatic N) is 2. The molecule has 25 heavy (non-hydrogen) atoms. The van der Waals surface area contributed by atoms with Crippen LogP contribution in [-0.2, 0) is 0 Å². The van der Waals surface area contributed by atoms with Gasteiger partial charge < -0.3 is 11.1 Å². The van der Waals surface area contributed by atoms with Crippen molar-refractivity contribution in [2.45, 2.75) is 25.8 Å². The van der Waals surface area contributed by atoms with E-state index in [2.05, 4.69) is 10.4 Å². The molecule has 5 nitrogen and oxygen atoms in total. The van der Waals surface area contributed by atoms with Crippen molar-refractivity contribution in [3.8, 4) is 5.69 Å². The van der Waals surface area contributed by atoms with E-state index in [1.54, 1.807) is 0 Å². The molecule has 0 radical (unpaired) electrons. The maximum absolute atomic E-state index is 12.6. The molecule has 1 aliphatic carbocycles. The zero-order valence-electron chi connectivity index (χ0n) is 13.8. The molecule has 7 heteroatoms. The Morgan fingerprint density at radius 2 is 2.28 bits per heavy atom. The number of amides is 1. The Kier molecular flexibility index (Phi) is 4.27. The van der Waals surface area contributed by atoms with Crippen LogP contribution in [0, 0.1) is 12.8 Å². The molecule has 0 saturated heterocycles. The van der Waals surface area contributed by atoms with Crippen LogP contribution in [0.25, 0.3) is 15.9 Å². The molecule has 0 aliphatic heterocycles. The van der Waals surface area contributed by atoms with E-state index >= 15 is 0 Å². The number of hydrogen-bond donors (Lipinski definition) is 2. The SMILES string of the molecule is Cc1nn(-c2cccc(Cl)c2)c2sc(C(=O)NC(CN)C3CC3)cc12. The largest absolute Gasteiger partial charge is 0.347 e. The molecule has 1 atom stereocenters. The molecule has 1 amide bonds. The van der Waals surface area contributed by atoms with Crippen LogP contribution in [0.5, 0.6) is 0 Å². The fourth-order valence-electron chi connectivity index (χ4n) is 3.05. The zero-order chi connectivity index (χ0) is 17.6. The summed E-state index contributed by atoms with van der Waals surface area (Å²) in [6, 6.07) is 9.53. The topological polar surface area (TPSA) is 72.9 Å². The van der Waals surface area contributed by atoms with E-state index in [1.807, 2.05) is 41.9 Å².